The lowest BCUT2D eigenvalue weighted by molar-refractivity contribution is 0.331. The Balaban J connectivity index is 2.68. The Morgan fingerprint density at radius 3 is 2.05 bits per heavy atom. The highest BCUT2D eigenvalue weighted by atomic mass is 14.4. The van der Waals surface area contributed by atoms with Crippen molar-refractivity contribution in [3.63, 3.8) is 0 Å². The molecule has 0 nitrogen and oxygen atoms in total. The summed E-state index contributed by atoms with van der Waals surface area (Å²) in [5, 5.41) is 0. The number of allylic oxidation sites excluding steroid dienone is 1. The van der Waals surface area contributed by atoms with Crippen LogP contribution >= 0.6 is 0 Å². The van der Waals surface area contributed by atoms with Gasteiger partial charge in [-0.25, -0.2) is 0 Å². The first-order valence-corrected chi connectivity index (χ1v) is 7.23. The topological polar surface area (TPSA) is 0 Å². The average Bonchev–Trinajstić information content (AvgIpc) is 2.34. The molecule has 1 heteroatoms. The van der Waals surface area contributed by atoms with E-state index in [0.29, 0.717) is 6.32 Å². The van der Waals surface area contributed by atoms with Gasteiger partial charge in [-0.3, -0.25) is 0 Å². The summed E-state index contributed by atoms with van der Waals surface area (Å²) in [7, 11) is 5.77. The van der Waals surface area contributed by atoms with Crippen LogP contribution in [0.1, 0.15) is 62.8 Å². The quantitative estimate of drug-likeness (QED) is 0.653. The van der Waals surface area contributed by atoms with Gasteiger partial charge in [0, 0.05) is 0 Å². The summed E-state index contributed by atoms with van der Waals surface area (Å²) in [4.78, 5) is 0. The molecular formula is C18H25B. The summed E-state index contributed by atoms with van der Waals surface area (Å²) >= 11 is 0. The summed E-state index contributed by atoms with van der Waals surface area (Å²) in [5.41, 5.74) is 7.11. The number of aryl methyl sites for hydroxylation is 1. The van der Waals surface area contributed by atoms with Crippen molar-refractivity contribution >= 4 is 13.4 Å². The molecule has 1 aromatic carbocycles. The Kier molecular flexibility index (Phi) is 3.45. The Hall–Kier alpha value is -0.975. The van der Waals surface area contributed by atoms with Crippen molar-refractivity contribution in [2.45, 2.75) is 64.6 Å². The minimum absolute atomic E-state index is 0.252. The first-order chi connectivity index (χ1) is 8.69. The minimum Gasteiger partial charge on any atom is -0.0960 e. The average molecular weight is 252 g/mol. The maximum Gasteiger partial charge on any atom is 0.0716 e. The van der Waals surface area contributed by atoms with Gasteiger partial charge in [0.05, 0.1) is 7.85 Å². The number of fused-ring (bicyclic) bond motifs is 1. The molecule has 100 valence electrons. The lowest BCUT2D eigenvalue weighted by Gasteiger charge is -2.42. The van der Waals surface area contributed by atoms with E-state index in [1.165, 1.54) is 35.1 Å². The lowest BCUT2D eigenvalue weighted by Crippen LogP contribution is -2.34. The molecule has 0 spiro atoms. The van der Waals surface area contributed by atoms with E-state index in [4.69, 9.17) is 7.85 Å². The largest absolute Gasteiger partial charge is 0.0960 e. The second kappa shape index (κ2) is 4.54. The van der Waals surface area contributed by atoms with E-state index in [1.54, 1.807) is 0 Å². The van der Waals surface area contributed by atoms with Gasteiger partial charge in [-0.1, -0.05) is 58.3 Å². The number of hydrogen-bond donors (Lipinski definition) is 0. The zero-order valence-electron chi connectivity index (χ0n) is 13.1. The molecule has 0 aliphatic heterocycles. The highest BCUT2D eigenvalue weighted by molar-refractivity contribution is 6.14. The Labute approximate surface area is 119 Å². The summed E-state index contributed by atoms with van der Waals surface area (Å²) in [6.07, 6.45) is 3.03. The molecule has 1 aliphatic rings. The molecule has 0 amide bonds. The third kappa shape index (κ3) is 2.40. The van der Waals surface area contributed by atoms with E-state index in [9.17, 15) is 0 Å². The molecule has 1 aromatic rings. The van der Waals surface area contributed by atoms with E-state index < -0.39 is 0 Å². The molecule has 0 heterocycles. The van der Waals surface area contributed by atoms with E-state index >= 15 is 0 Å². The third-order valence-electron chi connectivity index (χ3n) is 4.83. The normalized spacial score (nSPS) is 19.8. The summed E-state index contributed by atoms with van der Waals surface area (Å²) in [6.45, 7) is 15.7. The second-order valence-corrected chi connectivity index (χ2v) is 7.29. The molecule has 0 aromatic heterocycles. The van der Waals surface area contributed by atoms with E-state index in [1.807, 2.05) is 0 Å². The predicted molar refractivity (Wildman–Crippen MR) is 86.1 cm³/mol. The van der Waals surface area contributed by atoms with Gasteiger partial charge >= 0.3 is 0 Å². The highest BCUT2D eigenvalue weighted by Gasteiger charge is 2.37. The lowest BCUT2D eigenvalue weighted by atomic mass is 9.62. The maximum absolute atomic E-state index is 5.77. The van der Waals surface area contributed by atoms with Crippen LogP contribution in [0.3, 0.4) is 0 Å². The summed E-state index contributed by atoms with van der Waals surface area (Å²) in [6, 6.07) is 4.72. The van der Waals surface area contributed by atoms with Crippen molar-refractivity contribution in [1.29, 1.82) is 0 Å². The van der Waals surface area contributed by atoms with Crippen molar-refractivity contribution in [2.24, 2.45) is 0 Å². The van der Waals surface area contributed by atoms with Crippen molar-refractivity contribution in [1.82, 2.24) is 0 Å². The van der Waals surface area contributed by atoms with Gasteiger partial charge in [0.2, 0.25) is 0 Å². The Bertz CT molecular complexity index is 521. The van der Waals surface area contributed by atoms with Crippen LogP contribution in [0.4, 0.5) is 0 Å². The van der Waals surface area contributed by atoms with Crippen molar-refractivity contribution in [3.8, 4) is 0 Å². The fourth-order valence-electron chi connectivity index (χ4n) is 3.21. The zero-order chi connectivity index (χ0) is 14.4. The molecule has 19 heavy (non-hydrogen) atoms. The summed E-state index contributed by atoms with van der Waals surface area (Å²) in [5.74, 6) is 0. The van der Waals surface area contributed by atoms with Gasteiger partial charge in [-0.05, 0) is 52.8 Å². The predicted octanol–water partition coefficient (Wildman–Crippen LogP) is 4.94. The Morgan fingerprint density at radius 1 is 1.11 bits per heavy atom. The van der Waals surface area contributed by atoms with Crippen molar-refractivity contribution < 1.29 is 0 Å². The smallest absolute Gasteiger partial charge is 0.0716 e. The molecule has 2 rings (SSSR count). The van der Waals surface area contributed by atoms with Crippen LogP contribution in [0.5, 0.6) is 0 Å². The molecule has 0 fully saturated rings. The number of benzene rings is 1. The maximum atomic E-state index is 5.77. The fourth-order valence-corrected chi connectivity index (χ4v) is 3.21. The highest BCUT2D eigenvalue weighted by Crippen LogP contribution is 2.47. The molecule has 1 aliphatic carbocycles. The molecule has 2 radical (unpaired) electrons. The van der Waals surface area contributed by atoms with Crippen LogP contribution in [0.25, 0.3) is 5.57 Å². The van der Waals surface area contributed by atoms with Crippen LogP contribution in [0, 0.1) is 6.92 Å². The molecule has 0 bridgehead atoms. The molecule has 0 saturated carbocycles. The fraction of sp³-hybridized carbons (Fsp3) is 0.556. The first-order valence-electron chi connectivity index (χ1n) is 7.23. The van der Waals surface area contributed by atoms with E-state index in [0.717, 1.165) is 5.57 Å². The molecular weight excluding hydrogens is 227 g/mol. The van der Waals surface area contributed by atoms with Crippen LogP contribution in [-0.2, 0) is 10.8 Å². The number of hydrogen-bond acceptors (Lipinski definition) is 0. The zero-order valence-corrected chi connectivity index (χ0v) is 13.1. The van der Waals surface area contributed by atoms with Crippen LogP contribution < -0.4 is 0 Å². The molecule has 0 N–H and O–H groups in total. The van der Waals surface area contributed by atoms with Gasteiger partial charge in [-0.2, -0.15) is 0 Å². The molecule has 0 unspecified atom stereocenters. The minimum atomic E-state index is 0.252. The Morgan fingerprint density at radius 2 is 1.58 bits per heavy atom. The van der Waals surface area contributed by atoms with Crippen LogP contribution in [0.2, 0.25) is 6.32 Å². The van der Waals surface area contributed by atoms with Gasteiger partial charge in [-0.15, -0.1) is 0 Å². The SMILES string of the molecule is [B]CC(=C)c1cc2c(cc1C)C(C)(C)CCC2(C)C. The number of rotatable bonds is 2. The van der Waals surface area contributed by atoms with Gasteiger partial charge in [0.1, 0.15) is 0 Å². The van der Waals surface area contributed by atoms with Crippen molar-refractivity contribution in [3.05, 3.63) is 41.0 Å². The van der Waals surface area contributed by atoms with Gasteiger partial charge in [0.15, 0.2) is 0 Å². The van der Waals surface area contributed by atoms with Gasteiger partial charge in [0.25, 0.3) is 0 Å². The summed E-state index contributed by atoms with van der Waals surface area (Å²) < 4.78 is 0. The first kappa shape index (κ1) is 14.4. The van der Waals surface area contributed by atoms with Crippen molar-refractivity contribution in [2.75, 3.05) is 0 Å². The molecule has 0 saturated heterocycles. The monoisotopic (exact) mass is 252 g/mol. The second-order valence-electron chi connectivity index (χ2n) is 7.29. The van der Waals surface area contributed by atoms with Gasteiger partial charge < -0.3 is 0 Å². The van der Waals surface area contributed by atoms with E-state index in [2.05, 4.69) is 53.3 Å². The standard InChI is InChI=1S/C18H25B/c1-12-9-15-16(10-14(12)13(2)11-19)18(5,6)8-7-17(15,3)4/h9-10H,2,7-8,11H2,1,3-6H3. The molecule has 0 atom stereocenters. The van der Waals surface area contributed by atoms with E-state index in [-0.39, 0.29) is 10.8 Å². The van der Waals surface area contributed by atoms with Crippen LogP contribution in [-0.4, -0.2) is 7.85 Å². The third-order valence-corrected chi connectivity index (χ3v) is 4.83. The van der Waals surface area contributed by atoms with Crippen LogP contribution in [0.15, 0.2) is 18.7 Å².